The van der Waals surface area contributed by atoms with Gasteiger partial charge in [-0.3, -0.25) is 0 Å². The van der Waals surface area contributed by atoms with Gasteiger partial charge in [-0.25, -0.2) is 9.59 Å². The number of carboxylic acid groups (broad SMARTS) is 1. The van der Waals surface area contributed by atoms with Crippen LogP contribution < -0.4 is 5.32 Å². The number of hydrogen-bond donors (Lipinski definition) is 2. The Labute approximate surface area is 129 Å². The second-order valence-electron chi connectivity index (χ2n) is 3.86. The number of carboxylic acids is 1. The molecule has 1 amide bonds. The minimum atomic E-state index is -1.17. The van der Waals surface area contributed by atoms with Crippen molar-refractivity contribution in [1.29, 1.82) is 0 Å². The topological polar surface area (TPSA) is 75.6 Å². The van der Waals surface area contributed by atoms with Crippen LogP contribution in [0, 0.1) is 0 Å². The fourth-order valence-corrected chi connectivity index (χ4v) is 2.18. The molecule has 0 aliphatic rings. The molecule has 0 aromatic heterocycles. The lowest BCUT2D eigenvalue weighted by Crippen LogP contribution is -2.42. The van der Waals surface area contributed by atoms with Crippen molar-refractivity contribution in [3.05, 3.63) is 45.9 Å². The Morgan fingerprint density at radius 3 is 2.80 bits per heavy atom. The van der Waals surface area contributed by atoms with E-state index in [9.17, 15) is 9.59 Å². The number of halogens is 2. The molecule has 0 bridgehead atoms. The lowest BCUT2D eigenvalue weighted by Gasteiger charge is -2.15. The van der Waals surface area contributed by atoms with Crippen LogP contribution in [0.15, 0.2) is 35.3 Å². The molecule has 1 unspecified atom stereocenters. The summed E-state index contributed by atoms with van der Waals surface area (Å²) in [6.45, 7) is 3.40. The summed E-state index contributed by atoms with van der Waals surface area (Å²) in [6.07, 6.45) is 0.636. The molecule has 0 spiro atoms. The van der Waals surface area contributed by atoms with Crippen molar-refractivity contribution in [2.45, 2.75) is 12.5 Å². The number of aliphatic carboxylic acids is 1. The van der Waals surface area contributed by atoms with Crippen LogP contribution in [-0.4, -0.2) is 29.8 Å². The van der Waals surface area contributed by atoms with Crippen molar-refractivity contribution in [3.8, 4) is 0 Å². The molecule has 1 aromatic rings. The smallest absolute Gasteiger partial charge is 0.408 e. The number of rotatable bonds is 6. The Balaban J connectivity index is 2.74. The Morgan fingerprint density at radius 1 is 1.55 bits per heavy atom. The summed E-state index contributed by atoms with van der Waals surface area (Å²) in [5, 5.41) is 11.8. The lowest BCUT2D eigenvalue weighted by atomic mass is 10.1. The third kappa shape index (κ3) is 5.22. The van der Waals surface area contributed by atoms with E-state index < -0.39 is 18.1 Å². The van der Waals surface area contributed by atoms with Crippen molar-refractivity contribution >= 4 is 39.6 Å². The molecule has 108 valence electrons. The molecule has 1 atom stereocenters. The average Bonchev–Trinajstić information content (AvgIpc) is 2.38. The highest BCUT2D eigenvalue weighted by atomic mass is 79.9. The molecule has 0 saturated heterocycles. The van der Waals surface area contributed by atoms with Gasteiger partial charge in [0.2, 0.25) is 0 Å². The summed E-state index contributed by atoms with van der Waals surface area (Å²) < 4.78 is 5.48. The van der Waals surface area contributed by atoms with Gasteiger partial charge in [0.05, 0.1) is 0 Å². The summed E-state index contributed by atoms with van der Waals surface area (Å²) in [4.78, 5) is 22.5. The van der Waals surface area contributed by atoms with Crippen LogP contribution in [0.5, 0.6) is 0 Å². The van der Waals surface area contributed by atoms with E-state index in [1.54, 1.807) is 18.2 Å². The van der Waals surface area contributed by atoms with Crippen LogP contribution in [0.3, 0.4) is 0 Å². The third-order valence-corrected chi connectivity index (χ3v) is 3.21. The summed E-state index contributed by atoms with van der Waals surface area (Å²) in [6, 6.07) is 3.98. The third-order valence-electron chi connectivity index (χ3n) is 2.36. The molecule has 20 heavy (non-hydrogen) atoms. The number of nitrogens with one attached hydrogen (secondary N) is 1. The zero-order chi connectivity index (χ0) is 15.1. The van der Waals surface area contributed by atoms with Gasteiger partial charge < -0.3 is 15.2 Å². The monoisotopic (exact) mass is 361 g/mol. The van der Waals surface area contributed by atoms with E-state index in [0.717, 1.165) is 4.47 Å². The van der Waals surface area contributed by atoms with Gasteiger partial charge in [-0.2, -0.15) is 0 Å². The first-order chi connectivity index (χ1) is 9.43. The number of ether oxygens (including phenoxy) is 1. The molecule has 2 N–H and O–H groups in total. The quantitative estimate of drug-likeness (QED) is 0.763. The van der Waals surface area contributed by atoms with Gasteiger partial charge in [-0.05, 0) is 17.7 Å². The second-order valence-corrected chi connectivity index (χ2v) is 5.19. The maximum absolute atomic E-state index is 11.4. The molecule has 1 rings (SSSR count). The highest BCUT2D eigenvalue weighted by Gasteiger charge is 2.22. The first-order valence-electron chi connectivity index (χ1n) is 5.65. The zero-order valence-corrected chi connectivity index (χ0v) is 12.8. The van der Waals surface area contributed by atoms with E-state index >= 15 is 0 Å². The molecular weight excluding hydrogens is 350 g/mol. The summed E-state index contributed by atoms with van der Waals surface area (Å²) in [5.74, 6) is -1.17. The van der Waals surface area contributed by atoms with Crippen LogP contribution in [-0.2, 0) is 16.0 Å². The van der Waals surface area contributed by atoms with Crippen LogP contribution in [0.2, 0.25) is 5.02 Å². The van der Waals surface area contributed by atoms with Crippen LogP contribution in [0.1, 0.15) is 5.56 Å². The standard InChI is InChI=1S/C13H13BrClNO4/c1-2-5-20-13(19)16-11(12(17)18)6-8-3-4-9(14)7-10(8)15/h2-4,7,11H,1,5-6H2,(H,16,19)(H,17,18). The summed E-state index contributed by atoms with van der Waals surface area (Å²) in [5.41, 5.74) is 0.617. The molecule has 0 radical (unpaired) electrons. The Hall–Kier alpha value is -1.53. The Bertz CT molecular complexity index is 521. The molecule has 5 nitrogen and oxygen atoms in total. The highest BCUT2D eigenvalue weighted by molar-refractivity contribution is 9.10. The minimum absolute atomic E-state index is 0.0111. The van der Waals surface area contributed by atoms with Gasteiger partial charge in [0.15, 0.2) is 0 Å². The number of benzene rings is 1. The number of alkyl carbamates (subject to hydrolysis) is 1. The Morgan fingerprint density at radius 2 is 2.25 bits per heavy atom. The average molecular weight is 363 g/mol. The number of carbonyl (C=O) groups is 2. The fraction of sp³-hybridized carbons (Fsp3) is 0.231. The van der Waals surface area contributed by atoms with Crippen LogP contribution >= 0.6 is 27.5 Å². The van der Waals surface area contributed by atoms with Crippen molar-refractivity contribution in [3.63, 3.8) is 0 Å². The number of amides is 1. The van der Waals surface area contributed by atoms with E-state index in [1.807, 2.05) is 0 Å². The summed E-state index contributed by atoms with van der Waals surface area (Å²) >= 11 is 9.28. The SMILES string of the molecule is C=CCOC(=O)NC(Cc1ccc(Br)cc1Cl)C(=O)O. The van der Waals surface area contributed by atoms with Crippen LogP contribution in [0.25, 0.3) is 0 Å². The lowest BCUT2D eigenvalue weighted by molar-refractivity contribution is -0.139. The molecule has 0 aliphatic heterocycles. The fourth-order valence-electron chi connectivity index (χ4n) is 1.43. The van der Waals surface area contributed by atoms with Gasteiger partial charge >= 0.3 is 12.1 Å². The van der Waals surface area contributed by atoms with Gasteiger partial charge in [-0.15, -0.1) is 0 Å². The maximum Gasteiger partial charge on any atom is 0.408 e. The van der Waals surface area contributed by atoms with E-state index in [0.29, 0.717) is 10.6 Å². The first-order valence-corrected chi connectivity index (χ1v) is 6.82. The summed E-state index contributed by atoms with van der Waals surface area (Å²) in [7, 11) is 0. The molecule has 0 heterocycles. The first kappa shape index (κ1) is 16.5. The van der Waals surface area contributed by atoms with Crippen molar-refractivity contribution < 1.29 is 19.4 Å². The van der Waals surface area contributed by atoms with Gasteiger partial charge in [0.1, 0.15) is 12.6 Å². The minimum Gasteiger partial charge on any atom is -0.480 e. The molecule has 7 heteroatoms. The molecule has 0 saturated carbocycles. The van der Waals surface area contributed by atoms with E-state index in [-0.39, 0.29) is 13.0 Å². The van der Waals surface area contributed by atoms with E-state index in [2.05, 4.69) is 32.6 Å². The van der Waals surface area contributed by atoms with Crippen LogP contribution in [0.4, 0.5) is 4.79 Å². The number of hydrogen-bond acceptors (Lipinski definition) is 3. The van der Waals surface area contributed by atoms with Crippen molar-refractivity contribution in [2.24, 2.45) is 0 Å². The maximum atomic E-state index is 11.4. The largest absolute Gasteiger partial charge is 0.480 e. The molecule has 0 fully saturated rings. The predicted molar refractivity (Wildman–Crippen MR) is 79.0 cm³/mol. The van der Waals surface area contributed by atoms with E-state index in [4.69, 9.17) is 16.7 Å². The molecule has 0 aliphatic carbocycles. The van der Waals surface area contributed by atoms with Gasteiger partial charge in [0.25, 0.3) is 0 Å². The molecule has 1 aromatic carbocycles. The Kier molecular flexibility index (Phi) is 6.54. The van der Waals surface area contributed by atoms with Crippen molar-refractivity contribution in [2.75, 3.05) is 6.61 Å². The number of carbonyl (C=O) groups excluding carboxylic acids is 1. The predicted octanol–water partition coefficient (Wildman–Crippen LogP) is 3.01. The second kappa shape index (κ2) is 7.91. The highest BCUT2D eigenvalue weighted by Crippen LogP contribution is 2.22. The normalized spacial score (nSPS) is 11.5. The molecular formula is C13H13BrClNO4. The van der Waals surface area contributed by atoms with Crippen molar-refractivity contribution in [1.82, 2.24) is 5.32 Å². The van der Waals surface area contributed by atoms with Gasteiger partial charge in [0, 0.05) is 15.9 Å². The van der Waals surface area contributed by atoms with E-state index in [1.165, 1.54) is 6.08 Å². The van der Waals surface area contributed by atoms with Gasteiger partial charge in [-0.1, -0.05) is 46.3 Å². The zero-order valence-electron chi connectivity index (χ0n) is 10.4.